The number of aryl methyl sites for hydroxylation is 1. The van der Waals surface area contributed by atoms with Crippen molar-refractivity contribution >= 4 is 5.82 Å². The number of hydrogen-bond acceptors (Lipinski definition) is 3. The van der Waals surface area contributed by atoms with Crippen molar-refractivity contribution < 1.29 is 0 Å². The predicted octanol–water partition coefficient (Wildman–Crippen LogP) is 2.99. The Labute approximate surface area is 112 Å². The van der Waals surface area contributed by atoms with Gasteiger partial charge in [0.2, 0.25) is 0 Å². The molecule has 1 aromatic rings. The average molecular weight is 249 g/mol. The molecular formula is C15H27N3. The third-order valence-electron chi connectivity index (χ3n) is 3.01. The SMILES string of the molecule is CCCc1cc(CNC(C)C)cc(N(C)CC)n1. The second-order valence-corrected chi connectivity index (χ2v) is 5.12. The van der Waals surface area contributed by atoms with Gasteiger partial charge in [-0.05, 0) is 31.0 Å². The second-order valence-electron chi connectivity index (χ2n) is 5.12. The minimum Gasteiger partial charge on any atom is -0.360 e. The zero-order valence-electron chi connectivity index (χ0n) is 12.5. The summed E-state index contributed by atoms with van der Waals surface area (Å²) in [4.78, 5) is 6.91. The normalized spacial score (nSPS) is 11.0. The summed E-state index contributed by atoms with van der Waals surface area (Å²) in [6.07, 6.45) is 2.20. The van der Waals surface area contributed by atoms with Gasteiger partial charge in [0.05, 0.1) is 0 Å². The Morgan fingerprint density at radius 3 is 2.56 bits per heavy atom. The van der Waals surface area contributed by atoms with E-state index in [1.165, 1.54) is 11.3 Å². The van der Waals surface area contributed by atoms with Gasteiger partial charge in [-0.3, -0.25) is 0 Å². The fourth-order valence-corrected chi connectivity index (χ4v) is 1.80. The summed E-state index contributed by atoms with van der Waals surface area (Å²) in [7, 11) is 2.09. The number of hydrogen-bond donors (Lipinski definition) is 1. The lowest BCUT2D eigenvalue weighted by Crippen LogP contribution is -2.23. The Kier molecular flexibility index (Phi) is 6.13. The Bertz CT molecular complexity index is 361. The lowest BCUT2D eigenvalue weighted by atomic mass is 10.1. The zero-order valence-corrected chi connectivity index (χ0v) is 12.5. The first kappa shape index (κ1) is 15.0. The molecule has 0 aliphatic carbocycles. The highest BCUT2D eigenvalue weighted by atomic mass is 15.2. The van der Waals surface area contributed by atoms with E-state index in [1.807, 2.05) is 0 Å². The molecular weight excluding hydrogens is 222 g/mol. The third kappa shape index (κ3) is 4.65. The molecule has 102 valence electrons. The van der Waals surface area contributed by atoms with E-state index < -0.39 is 0 Å². The van der Waals surface area contributed by atoms with E-state index in [-0.39, 0.29) is 0 Å². The smallest absolute Gasteiger partial charge is 0.128 e. The summed E-state index contributed by atoms with van der Waals surface area (Å²) >= 11 is 0. The molecule has 1 rings (SSSR count). The molecule has 0 radical (unpaired) electrons. The Balaban J connectivity index is 2.90. The molecule has 0 saturated heterocycles. The van der Waals surface area contributed by atoms with E-state index >= 15 is 0 Å². The highest BCUT2D eigenvalue weighted by Crippen LogP contribution is 2.15. The molecule has 0 unspecified atom stereocenters. The van der Waals surface area contributed by atoms with Crippen LogP contribution >= 0.6 is 0 Å². The molecule has 0 amide bonds. The van der Waals surface area contributed by atoms with E-state index in [9.17, 15) is 0 Å². The summed E-state index contributed by atoms with van der Waals surface area (Å²) in [5.41, 5.74) is 2.54. The van der Waals surface area contributed by atoms with Crippen LogP contribution in [0.5, 0.6) is 0 Å². The maximum absolute atomic E-state index is 4.72. The van der Waals surface area contributed by atoms with Gasteiger partial charge in [0, 0.05) is 31.9 Å². The van der Waals surface area contributed by atoms with Gasteiger partial charge in [0.15, 0.2) is 0 Å². The standard InChI is InChI=1S/C15H27N3/c1-6-8-14-9-13(11-16-12(3)4)10-15(17-14)18(5)7-2/h9-10,12,16H,6-8,11H2,1-5H3. The average Bonchev–Trinajstić information content (AvgIpc) is 2.35. The molecule has 0 saturated carbocycles. The maximum Gasteiger partial charge on any atom is 0.128 e. The van der Waals surface area contributed by atoms with Gasteiger partial charge in [-0.2, -0.15) is 0 Å². The van der Waals surface area contributed by atoms with Crippen LogP contribution in [0.15, 0.2) is 12.1 Å². The third-order valence-corrected chi connectivity index (χ3v) is 3.01. The van der Waals surface area contributed by atoms with Crippen molar-refractivity contribution in [3.8, 4) is 0 Å². The van der Waals surface area contributed by atoms with Crippen molar-refractivity contribution in [1.82, 2.24) is 10.3 Å². The van der Waals surface area contributed by atoms with Gasteiger partial charge in [0.1, 0.15) is 5.82 Å². The molecule has 3 nitrogen and oxygen atoms in total. The molecule has 0 fully saturated rings. The maximum atomic E-state index is 4.72. The van der Waals surface area contributed by atoms with Gasteiger partial charge in [0.25, 0.3) is 0 Å². The Morgan fingerprint density at radius 1 is 1.28 bits per heavy atom. The Hall–Kier alpha value is -1.09. The topological polar surface area (TPSA) is 28.2 Å². The summed E-state index contributed by atoms with van der Waals surface area (Å²) in [5, 5.41) is 3.47. The van der Waals surface area contributed by atoms with Crippen LogP contribution in [0.2, 0.25) is 0 Å². The van der Waals surface area contributed by atoms with Crippen molar-refractivity contribution in [1.29, 1.82) is 0 Å². The van der Waals surface area contributed by atoms with Crippen molar-refractivity contribution in [2.75, 3.05) is 18.5 Å². The van der Waals surface area contributed by atoms with E-state index in [1.54, 1.807) is 0 Å². The summed E-state index contributed by atoms with van der Waals surface area (Å²) in [6, 6.07) is 4.93. The molecule has 3 heteroatoms. The minimum atomic E-state index is 0.514. The molecule has 1 N–H and O–H groups in total. The lowest BCUT2D eigenvalue weighted by Gasteiger charge is -2.18. The number of anilines is 1. The molecule has 1 aromatic heterocycles. The van der Waals surface area contributed by atoms with Crippen molar-refractivity contribution in [2.24, 2.45) is 0 Å². The molecule has 0 spiro atoms. The highest BCUT2D eigenvalue weighted by molar-refractivity contribution is 5.42. The van der Waals surface area contributed by atoms with Crippen LogP contribution < -0.4 is 10.2 Å². The largest absolute Gasteiger partial charge is 0.360 e. The van der Waals surface area contributed by atoms with E-state index in [4.69, 9.17) is 4.98 Å². The van der Waals surface area contributed by atoms with Crippen LogP contribution in [0, 0.1) is 0 Å². The van der Waals surface area contributed by atoms with Crippen LogP contribution in [0.1, 0.15) is 45.4 Å². The lowest BCUT2D eigenvalue weighted by molar-refractivity contribution is 0.588. The molecule has 0 bridgehead atoms. The van der Waals surface area contributed by atoms with Crippen LogP contribution in [0.4, 0.5) is 5.82 Å². The minimum absolute atomic E-state index is 0.514. The first-order chi connectivity index (χ1) is 8.56. The monoisotopic (exact) mass is 249 g/mol. The number of rotatable bonds is 7. The fraction of sp³-hybridized carbons (Fsp3) is 0.667. The van der Waals surface area contributed by atoms with E-state index in [0.29, 0.717) is 6.04 Å². The molecule has 0 aliphatic rings. The number of nitrogens with one attached hydrogen (secondary N) is 1. The summed E-state index contributed by atoms with van der Waals surface area (Å²) in [6.45, 7) is 10.6. The second kappa shape index (κ2) is 7.37. The van der Waals surface area contributed by atoms with Crippen molar-refractivity contribution in [2.45, 2.75) is 53.1 Å². The first-order valence-corrected chi connectivity index (χ1v) is 7.01. The van der Waals surface area contributed by atoms with Gasteiger partial charge in [-0.1, -0.05) is 27.2 Å². The van der Waals surface area contributed by atoms with Crippen LogP contribution in [-0.2, 0) is 13.0 Å². The first-order valence-electron chi connectivity index (χ1n) is 7.01. The van der Waals surface area contributed by atoms with E-state index in [2.05, 4.69) is 57.1 Å². The number of nitrogens with zero attached hydrogens (tertiary/aromatic N) is 2. The van der Waals surface area contributed by atoms with E-state index in [0.717, 1.165) is 31.7 Å². The van der Waals surface area contributed by atoms with Crippen LogP contribution in [0.3, 0.4) is 0 Å². The highest BCUT2D eigenvalue weighted by Gasteiger charge is 2.06. The van der Waals surface area contributed by atoms with Crippen LogP contribution in [-0.4, -0.2) is 24.6 Å². The fourth-order valence-electron chi connectivity index (χ4n) is 1.80. The number of aromatic nitrogens is 1. The van der Waals surface area contributed by atoms with Gasteiger partial charge < -0.3 is 10.2 Å². The molecule has 18 heavy (non-hydrogen) atoms. The van der Waals surface area contributed by atoms with Crippen molar-refractivity contribution in [3.63, 3.8) is 0 Å². The van der Waals surface area contributed by atoms with Gasteiger partial charge >= 0.3 is 0 Å². The molecule has 1 heterocycles. The quantitative estimate of drug-likeness (QED) is 0.805. The Morgan fingerprint density at radius 2 is 2.00 bits per heavy atom. The summed E-state index contributed by atoms with van der Waals surface area (Å²) < 4.78 is 0. The van der Waals surface area contributed by atoms with Gasteiger partial charge in [-0.25, -0.2) is 4.98 Å². The zero-order chi connectivity index (χ0) is 13.5. The molecule has 0 aliphatic heterocycles. The molecule has 0 atom stereocenters. The molecule has 0 aromatic carbocycles. The summed E-state index contributed by atoms with van der Waals surface area (Å²) in [5.74, 6) is 1.09. The predicted molar refractivity (Wildman–Crippen MR) is 79.2 cm³/mol. The number of pyridine rings is 1. The van der Waals surface area contributed by atoms with Gasteiger partial charge in [-0.15, -0.1) is 0 Å². The van der Waals surface area contributed by atoms with Crippen LogP contribution in [0.25, 0.3) is 0 Å². The van der Waals surface area contributed by atoms with Crippen molar-refractivity contribution in [3.05, 3.63) is 23.4 Å².